The fraction of sp³-hybridized carbons (Fsp3) is 0.700. The quantitative estimate of drug-likeness (QED) is 0.748. The Hall–Kier alpha value is -0.910. The smallest absolute Gasteiger partial charge is 0.0603 e. The molecule has 5 heteroatoms. The summed E-state index contributed by atoms with van der Waals surface area (Å²) in [6.45, 7) is 6.56. The van der Waals surface area contributed by atoms with Crippen molar-refractivity contribution in [2.24, 2.45) is 0 Å². The van der Waals surface area contributed by atoms with Crippen LogP contribution < -0.4 is 5.43 Å². The first-order valence-corrected chi connectivity index (χ1v) is 5.44. The molecule has 5 nitrogen and oxygen atoms in total. The average Bonchev–Trinajstić information content (AvgIpc) is 2.74. The van der Waals surface area contributed by atoms with Crippen molar-refractivity contribution in [3.63, 3.8) is 0 Å². The lowest BCUT2D eigenvalue weighted by Crippen LogP contribution is -2.51. The van der Waals surface area contributed by atoms with Gasteiger partial charge in [-0.3, -0.25) is 5.10 Å². The number of likely N-dealkylation sites (N-methyl/N-ethyl adjacent to an activating group) is 1. The highest BCUT2D eigenvalue weighted by molar-refractivity contribution is 5.02. The van der Waals surface area contributed by atoms with Crippen LogP contribution in [-0.2, 0) is 0 Å². The van der Waals surface area contributed by atoms with Gasteiger partial charge in [0.1, 0.15) is 0 Å². The van der Waals surface area contributed by atoms with E-state index >= 15 is 0 Å². The molecule has 2 N–H and O–H groups in total. The van der Waals surface area contributed by atoms with Crippen LogP contribution in [0, 0.1) is 0 Å². The zero-order valence-electron chi connectivity index (χ0n) is 9.40. The number of nitrogens with zero attached hydrogens (tertiary/aromatic N) is 3. The van der Waals surface area contributed by atoms with Gasteiger partial charge in [0.25, 0.3) is 0 Å². The van der Waals surface area contributed by atoms with Gasteiger partial charge in [-0.15, -0.1) is 0 Å². The van der Waals surface area contributed by atoms with Crippen LogP contribution in [0.3, 0.4) is 0 Å². The number of hydrazine groups is 1. The molecule has 15 heavy (non-hydrogen) atoms. The van der Waals surface area contributed by atoms with E-state index in [1.54, 1.807) is 6.20 Å². The summed E-state index contributed by atoms with van der Waals surface area (Å²) in [4.78, 5) is 2.35. The molecule has 1 aromatic heterocycles. The minimum Gasteiger partial charge on any atom is -0.304 e. The van der Waals surface area contributed by atoms with Gasteiger partial charge < -0.3 is 4.90 Å². The van der Waals surface area contributed by atoms with E-state index in [4.69, 9.17) is 0 Å². The SMILES string of the molecule is CC(NN1CCN(C)CC1)c1ccn[nH]1. The van der Waals surface area contributed by atoms with Crippen LogP contribution in [0.1, 0.15) is 18.7 Å². The Morgan fingerprint density at radius 1 is 1.40 bits per heavy atom. The monoisotopic (exact) mass is 209 g/mol. The number of H-pyrrole nitrogens is 1. The van der Waals surface area contributed by atoms with E-state index < -0.39 is 0 Å². The van der Waals surface area contributed by atoms with E-state index in [-0.39, 0.29) is 0 Å². The molecule has 0 amide bonds. The number of rotatable bonds is 3. The Labute approximate surface area is 90.4 Å². The maximum Gasteiger partial charge on any atom is 0.0603 e. The molecule has 2 rings (SSSR count). The van der Waals surface area contributed by atoms with Gasteiger partial charge in [-0.05, 0) is 20.0 Å². The van der Waals surface area contributed by atoms with Crippen LogP contribution in [0.2, 0.25) is 0 Å². The van der Waals surface area contributed by atoms with E-state index in [9.17, 15) is 0 Å². The fourth-order valence-corrected chi connectivity index (χ4v) is 1.79. The van der Waals surface area contributed by atoms with Crippen molar-refractivity contribution in [2.45, 2.75) is 13.0 Å². The van der Waals surface area contributed by atoms with Crippen LogP contribution in [-0.4, -0.2) is 53.3 Å². The van der Waals surface area contributed by atoms with Crippen molar-refractivity contribution < 1.29 is 0 Å². The molecule has 0 aromatic carbocycles. The van der Waals surface area contributed by atoms with Crippen LogP contribution >= 0.6 is 0 Å². The zero-order chi connectivity index (χ0) is 10.7. The Morgan fingerprint density at radius 3 is 2.73 bits per heavy atom. The molecule has 1 unspecified atom stereocenters. The number of aromatic amines is 1. The Balaban J connectivity index is 1.82. The van der Waals surface area contributed by atoms with Crippen LogP contribution in [0.5, 0.6) is 0 Å². The van der Waals surface area contributed by atoms with Gasteiger partial charge in [-0.25, -0.2) is 10.4 Å². The molecule has 1 aliphatic heterocycles. The molecule has 0 saturated carbocycles. The van der Waals surface area contributed by atoms with Gasteiger partial charge in [0.2, 0.25) is 0 Å². The average molecular weight is 209 g/mol. The molecule has 2 heterocycles. The largest absolute Gasteiger partial charge is 0.304 e. The summed E-state index contributed by atoms with van der Waals surface area (Å²) in [6.07, 6.45) is 1.79. The van der Waals surface area contributed by atoms with Gasteiger partial charge >= 0.3 is 0 Å². The standard InChI is InChI=1S/C10H19N5/c1-9(10-3-4-11-12-10)13-15-7-5-14(2)6-8-15/h3-4,9,13H,5-8H2,1-2H3,(H,11,12). The maximum absolute atomic E-state index is 3.96. The summed E-state index contributed by atoms with van der Waals surface area (Å²) >= 11 is 0. The molecule has 0 aliphatic carbocycles. The number of hydrogen-bond donors (Lipinski definition) is 2. The first kappa shape index (κ1) is 10.6. The van der Waals surface area contributed by atoms with Crippen molar-refractivity contribution in [2.75, 3.05) is 33.2 Å². The van der Waals surface area contributed by atoms with E-state index in [0.29, 0.717) is 6.04 Å². The Kier molecular flexibility index (Phi) is 3.35. The first-order valence-electron chi connectivity index (χ1n) is 5.44. The molecule has 1 fully saturated rings. The molecule has 1 saturated heterocycles. The second-order valence-electron chi connectivity index (χ2n) is 4.15. The molecule has 84 valence electrons. The highest BCUT2D eigenvalue weighted by Gasteiger charge is 2.16. The summed E-state index contributed by atoms with van der Waals surface area (Å²) in [5, 5.41) is 9.23. The third-order valence-corrected chi connectivity index (χ3v) is 2.87. The number of piperazine rings is 1. The van der Waals surface area contributed by atoms with E-state index in [0.717, 1.165) is 31.9 Å². The molecule has 0 bridgehead atoms. The summed E-state index contributed by atoms with van der Waals surface area (Å²) in [7, 11) is 2.16. The van der Waals surface area contributed by atoms with Gasteiger partial charge in [0.05, 0.1) is 11.7 Å². The molecule has 1 aliphatic rings. The summed E-state index contributed by atoms with van der Waals surface area (Å²) in [5.74, 6) is 0. The lowest BCUT2D eigenvalue weighted by molar-refractivity contribution is 0.0891. The normalized spacial score (nSPS) is 21.7. The second kappa shape index (κ2) is 4.74. The summed E-state index contributed by atoms with van der Waals surface area (Å²) < 4.78 is 0. The van der Waals surface area contributed by atoms with E-state index in [2.05, 4.69) is 39.5 Å². The highest BCUT2D eigenvalue weighted by Crippen LogP contribution is 2.09. The Bertz CT molecular complexity index is 276. The van der Waals surface area contributed by atoms with Crippen LogP contribution in [0.15, 0.2) is 12.3 Å². The van der Waals surface area contributed by atoms with Crippen molar-refractivity contribution >= 4 is 0 Å². The van der Waals surface area contributed by atoms with Crippen molar-refractivity contribution in [1.82, 2.24) is 25.5 Å². The number of nitrogens with one attached hydrogen (secondary N) is 2. The van der Waals surface area contributed by atoms with Gasteiger partial charge in [-0.1, -0.05) is 0 Å². The van der Waals surface area contributed by atoms with Crippen molar-refractivity contribution in [1.29, 1.82) is 0 Å². The molecular weight excluding hydrogens is 190 g/mol. The van der Waals surface area contributed by atoms with Gasteiger partial charge in [0.15, 0.2) is 0 Å². The van der Waals surface area contributed by atoms with E-state index in [1.807, 2.05) is 6.07 Å². The first-order chi connectivity index (χ1) is 7.25. The molecule has 0 radical (unpaired) electrons. The minimum atomic E-state index is 0.302. The number of hydrogen-bond acceptors (Lipinski definition) is 4. The summed E-state index contributed by atoms with van der Waals surface area (Å²) in [5.41, 5.74) is 4.61. The van der Waals surface area contributed by atoms with Gasteiger partial charge in [-0.2, -0.15) is 5.10 Å². The number of aromatic nitrogens is 2. The summed E-state index contributed by atoms with van der Waals surface area (Å²) in [6, 6.07) is 2.31. The third kappa shape index (κ3) is 2.77. The van der Waals surface area contributed by atoms with Crippen molar-refractivity contribution in [3.05, 3.63) is 18.0 Å². The maximum atomic E-state index is 3.96. The topological polar surface area (TPSA) is 47.2 Å². The molecule has 1 aromatic rings. The lowest BCUT2D eigenvalue weighted by atomic mass is 10.2. The van der Waals surface area contributed by atoms with E-state index in [1.165, 1.54) is 0 Å². The van der Waals surface area contributed by atoms with Crippen molar-refractivity contribution in [3.8, 4) is 0 Å². The van der Waals surface area contributed by atoms with Crippen LogP contribution in [0.25, 0.3) is 0 Å². The predicted octanol–water partition coefficient (Wildman–Crippen LogP) is 0.223. The van der Waals surface area contributed by atoms with Gasteiger partial charge in [0, 0.05) is 32.4 Å². The third-order valence-electron chi connectivity index (χ3n) is 2.87. The molecule has 1 atom stereocenters. The zero-order valence-corrected chi connectivity index (χ0v) is 9.40. The minimum absolute atomic E-state index is 0.302. The Morgan fingerprint density at radius 2 is 2.13 bits per heavy atom. The highest BCUT2D eigenvalue weighted by atomic mass is 15.5. The fourth-order valence-electron chi connectivity index (χ4n) is 1.79. The predicted molar refractivity (Wildman–Crippen MR) is 59.2 cm³/mol. The van der Waals surface area contributed by atoms with Crippen LogP contribution in [0.4, 0.5) is 0 Å². The molecular formula is C10H19N5. The lowest BCUT2D eigenvalue weighted by Gasteiger charge is -2.34. The second-order valence-corrected chi connectivity index (χ2v) is 4.15. The molecule has 0 spiro atoms.